The van der Waals surface area contributed by atoms with E-state index in [1.54, 1.807) is 17.0 Å². The van der Waals surface area contributed by atoms with Gasteiger partial charge in [0.15, 0.2) is 5.54 Å². The number of imide groups is 1. The summed E-state index contributed by atoms with van der Waals surface area (Å²) in [4.78, 5) is 38.4. The van der Waals surface area contributed by atoms with E-state index < -0.39 is 24.2 Å². The number of nitrogens with one attached hydrogen (secondary N) is 2. The summed E-state index contributed by atoms with van der Waals surface area (Å²) in [6.45, 7) is 1.96. The molecule has 1 aromatic heterocycles. The molecule has 0 saturated carbocycles. The molecule has 35 heavy (non-hydrogen) atoms. The van der Waals surface area contributed by atoms with Crippen LogP contribution in [0.3, 0.4) is 0 Å². The number of aryl methyl sites for hydroxylation is 1. The molecule has 2 aromatic carbocycles. The van der Waals surface area contributed by atoms with Crippen molar-refractivity contribution in [2.24, 2.45) is 0 Å². The van der Waals surface area contributed by atoms with Gasteiger partial charge in [-0.1, -0.05) is 30.3 Å². The number of halogens is 1. The van der Waals surface area contributed by atoms with Crippen LogP contribution in [0, 0.1) is 6.92 Å². The lowest BCUT2D eigenvalue weighted by molar-refractivity contribution is -0.124. The molecule has 0 spiro atoms. The fourth-order valence-corrected chi connectivity index (χ4v) is 4.60. The van der Waals surface area contributed by atoms with E-state index in [-0.39, 0.29) is 17.4 Å². The molecule has 0 radical (unpaired) electrons. The molecule has 0 aliphatic carbocycles. The van der Waals surface area contributed by atoms with Crippen LogP contribution in [-0.2, 0) is 10.3 Å². The average Bonchev–Trinajstić information content (AvgIpc) is 3.48. The Hall–Kier alpha value is -4.08. The van der Waals surface area contributed by atoms with Gasteiger partial charge in [-0.15, -0.1) is 10.2 Å². The molecular weight excluding hydrogens is 453 g/mol. The molecule has 2 saturated heterocycles. The Morgan fingerprint density at radius 1 is 1.11 bits per heavy atom. The zero-order valence-corrected chi connectivity index (χ0v) is 19.1. The largest absolute Gasteiger partial charge is 0.420 e. The van der Waals surface area contributed by atoms with Gasteiger partial charge >= 0.3 is 6.03 Å². The van der Waals surface area contributed by atoms with Gasteiger partial charge in [0.1, 0.15) is 6.67 Å². The van der Waals surface area contributed by atoms with Gasteiger partial charge in [0.2, 0.25) is 11.8 Å². The number of aromatic nitrogens is 2. The van der Waals surface area contributed by atoms with Gasteiger partial charge in [-0.05, 0) is 49.1 Å². The standard InChI is InChI=1S/C25H24FN5O4/c1-15-4-2-3-5-19(15)21-30-29-20(35-21)16-10-12-31(13-11-16)22(32)17-6-8-18(9-7-17)25(14-26)23(33)27-24(34)28-25/h2-9,16H,10-14H2,1H3,(H2,27,28,33,34). The smallest absolute Gasteiger partial charge is 0.322 e. The van der Waals surface area contributed by atoms with E-state index in [1.807, 2.05) is 31.2 Å². The summed E-state index contributed by atoms with van der Waals surface area (Å²) in [7, 11) is 0. The minimum atomic E-state index is -1.77. The van der Waals surface area contributed by atoms with Gasteiger partial charge in [0.25, 0.3) is 11.8 Å². The van der Waals surface area contributed by atoms with Crippen LogP contribution in [0.5, 0.6) is 0 Å². The third-order valence-electron chi connectivity index (χ3n) is 6.71. The first-order valence-corrected chi connectivity index (χ1v) is 11.4. The number of nitrogens with zero attached hydrogens (tertiary/aromatic N) is 3. The highest BCUT2D eigenvalue weighted by molar-refractivity contribution is 6.07. The number of amides is 4. The van der Waals surface area contributed by atoms with E-state index in [2.05, 4.69) is 20.8 Å². The van der Waals surface area contributed by atoms with E-state index in [0.29, 0.717) is 43.3 Å². The molecule has 3 aromatic rings. The number of alkyl halides is 1. The molecular formula is C25H24FN5O4. The maximum absolute atomic E-state index is 13.7. The number of rotatable bonds is 5. The number of hydrogen-bond acceptors (Lipinski definition) is 6. The minimum absolute atomic E-state index is 0.0700. The molecule has 1 atom stereocenters. The Bertz CT molecular complexity index is 1280. The summed E-state index contributed by atoms with van der Waals surface area (Å²) in [6.07, 6.45) is 1.38. The second-order valence-corrected chi connectivity index (χ2v) is 8.85. The van der Waals surface area contributed by atoms with Gasteiger partial charge in [-0.3, -0.25) is 14.9 Å². The highest BCUT2D eigenvalue weighted by atomic mass is 19.1. The predicted octanol–water partition coefficient (Wildman–Crippen LogP) is 3.07. The number of hydrogen-bond donors (Lipinski definition) is 2. The Kier molecular flexibility index (Phi) is 5.80. The van der Waals surface area contributed by atoms with Crippen molar-refractivity contribution < 1.29 is 23.2 Å². The molecule has 2 fully saturated rings. The highest BCUT2D eigenvalue weighted by Crippen LogP contribution is 2.31. The van der Waals surface area contributed by atoms with Gasteiger partial charge in [0.05, 0.1) is 0 Å². The Balaban J connectivity index is 1.23. The molecule has 1 unspecified atom stereocenters. The van der Waals surface area contributed by atoms with Crippen molar-refractivity contribution in [3.05, 3.63) is 71.1 Å². The molecule has 0 bridgehead atoms. The molecule has 2 aliphatic rings. The maximum Gasteiger partial charge on any atom is 0.322 e. The topological polar surface area (TPSA) is 117 Å². The summed E-state index contributed by atoms with van der Waals surface area (Å²) >= 11 is 0. The first kappa shape index (κ1) is 22.7. The Labute approximate surface area is 200 Å². The third-order valence-corrected chi connectivity index (χ3v) is 6.71. The van der Waals surface area contributed by atoms with Crippen molar-refractivity contribution in [1.82, 2.24) is 25.7 Å². The van der Waals surface area contributed by atoms with E-state index in [0.717, 1.165) is 11.1 Å². The van der Waals surface area contributed by atoms with Crippen molar-refractivity contribution >= 4 is 17.8 Å². The lowest BCUT2D eigenvalue weighted by Crippen LogP contribution is -2.46. The van der Waals surface area contributed by atoms with Gasteiger partial charge in [-0.25, -0.2) is 9.18 Å². The van der Waals surface area contributed by atoms with Crippen LogP contribution in [0.2, 0.25) is 0 Å². The quantitative estimate of drug-likeness (QED) is 0.546. The number of carbonyl (C=O) groups excluding carboxylic acids is 3. The van der Waals surface area contributed by atoms with Gasteiger partial charge in [-0.2, -0.15) is 0 Å². The molecule has 180 valence electrons. The first-order valence-electron chi connectivity index (χ1n) is 11.4. The van der Waals surface area contributed by atoms with Crippen LogP contribution in [0.15, 0.2) is 52.9 Å². The van der Waals surface area contributed by atoms with Crippen LogP contribution < -0.4 is 10.6 Å². The van der Waals surface area contributed by atoms with Crippen LogP contribution >= 0.6 is 0 Å². The molecule has 2 N–H and O–H groups in total. The lowest BCUT2D eigenvalue weighted by atomic mass is 9.90. The second kappa shape index (κ2) is 8.94. The van der Waals surface area contributed by atoms with Gasteiger partial charge < -0.3 is 14.6 Å². The SMILES string of the molecule is Cc1ccccc1-c1nnc(C2CCN(C(=O)c3ccc(C4(CF)NC(=O)NC4=O)cc3)CC2)o1. The van der Waals surface area contributed by atoms with Crippen molar-refractivity contribution in [1.29, 1.82) is 0 Å². The molecule has 5 rings (SSSR count). The number of likely N-dealkylation sites (tertiary alicyclic amines) is 1. The van der Waals surface area contributed by atoms with E-state index >= 15 is 0 Å². The van der Waals surface area contributed by atoms with Gasteiger partial charge in [0, 0.05) is 30.1 Å². The Morgan fingerprint density at radius 2 is 1.83 bits per heavy atom. The number of piperidine rings is 1. The summed E-state index contributed by atoms with van der Waals surface area (Å²) < 4.78 is 19.7. The number of urea groups is 1. The summed E-state index contributed by atoms with van der Waals surface area (Å²) in [5.41, 5.74) is 0.900. The number of carbonyl (C=O) groups is 3. The molecule has 9 nitrogen and oxygen atoms in total. The van der Waals surface area contributed by atoms with Crippen molar-refractivity contribution in [2.45, 2.75) is 31.2 Å². The molecule has 2 aliphatic heterocycles. The molecule has 3 heterocycles. The van der Waals surface area contributed by atoms with Crippen molar-refractivity contribution in [3.8, 4) is 11.5 Å². The van der Waals surface area contributed by atoms with Crippen LogP contribution in [-0.4, -0.2) is 52.7 Å². The van der Waals surface area contributed by atoms with E-state index in [4.69, 9.17) is 4.42 Å². The van der Waals surface area contributed by atoms with Crippen LogP contribution in [0.1, 0.15) is 46.1 Å². The van der Waals surface area contributed by atoms with Crippen molar-refractivity contribution in [2.75, 3.05) is 19.8 Å². The molecule has 10 heteroatoms. The van der Waals surface area contributed by atoms with E-state index in [9.17, 15) is 18.8 Å². The fourth-order valence-electron chi connectivity index (χ4n) is 4.60. The van der Waals surface area contributed by atoms with Crippen molar-refractivity contribution in [3.63, 3.8) is 0 Å². The monoisotopic (exact) mass is 477 g/mol. The van der Waals surface area contributed by atoms with E-state index in [1.165, 1.54) is 12.1 Å². The lowest BCUT2D eigenvalue weighted by Gasteiger charge is -2.30. The molecule has 4 amide bonds. The van der Waals surface area contributed by atoms with Crippen LogP contribution in [0.4, 0.5) is 9.18 Å². The predicted molar refractivity (Wildman–Crippen MR) is 123 cm³/mol. The summed E-state index contributed by atoms with van der Waals surface area (Å²) in [5, 5.41) is 12.9. The fraction of sp³-hybridized carbons (Fsp3) is 0.320. The maximum atomic E-state index is 13.7. The minimum Gasteiger partial charge on any atom is -0.420 e. The summed E-state index contributed by atoms with van der Waals surface area (Å²) in [5.74, 6) is 0.233. The third kappa shape index (κ3) is 4.05. The second-order valence-electron chi connectivity index (χ2n) is 8.85. The highest BCUT2D eigenvalue weighted by Gasteiger charge is 2.48. The zero-order chi connectivity index (χ0) is 24.6. The first-order chi connectivity index (χ1) is 16.9. The Morgan fingerprint density at radius 3 is 2.46 bits per heavy atom. The summed E-state index contributed by atoms with van der Waals surface area (Å²) in [6, 6.07) is 13.2. The normalized spacial score (nSPS) is 20.6. The van der Waals surface area contributed by atoms with Crippen LogP contribution in [0.25, 0.3) is 11.5 Å². The number of benzene rings is 2. The average molecular weight is 477 g/mol. The zero-order valence-electron chi connectivity index (χ0n) is 19.1.